The van der Waals surface area contributed by atoms with Crippen molar-refractivity contribution in [1.29, 1.82) is 0 Å². The summed E-state index contributed by atoms with van der Waals surface area (Å²) in [4.78, 5) is 6.16. The van der Waals surface area contributed by atoms with Crippen LogP contribution >= 0.6 is 22.7 Å². The molecule has 0 saturated heterocycles. The Morgan fingerprint density at radius 2 is 2.00 bits per heavy atom. The van der Waals surface area contributed by atoms with Gasteiger partial charge in [0.1, 0.15) is 5.01 Å². The molecule has 104 valence electrons. The fourth-order valence-corrected chi connectivity index (χ4v) is 3.79. The third kappa shape index (κ3) is 3.88. The average molecular weight is 294 g/mol. The van der Waals surface area contributed by atoms with E-state index in [-0.39, 0.29) is 5.41 Å². The molecule has 0 amide bonds. The zero-order chi connectivity index (χ0) is 13.9. The number of rotatable bonds is 5. The van der Waals surface area contributed by atoms with Gasteiger partial charge in [-0.25, -0.2) is 4.98 Å². The molecule has 2 rings (SSSR count). The summed E-state index contributed by atoms with van der Waals surface area (Å²) in [6.45, 7) is 10.6. The van der Waals surface area contributed by atoms with Gasteiger partial charge in [-0.1, -0.05) is 27.7 Å². The first-order valence-electron chi connectivity index (χ1n) is 6.71. The zero-order valence-corrected chi connectivity index (χ0v) is 13.8. The lowest BCUT2D eigenvalue weighted by Gasteiger charge is -2.14. The number of aryl methyl sites for hydroxylation is 1. The van der Waals surface area contributed by atoms with E-state index in [2.05, 4.69) is 49.8 Å². The second kappa shape index (κ2) is 6.16. The van der Waals surface area contributed by atoms with Crippen molar-refractivity contribution < 1.29 is 0 Å². The average Bonchev–Trinajstić information content (AvgIpc) is 2.96. The van der Waals surface area contributed by atoms with E-state index < -0.39 is 0 Å². The molecule has 0 saturated carbocycles. The molecule has 2 nitrogen and oxygen atoms in total. The second-order valence-corrected chi connectivity index (χ2v) is 7.65. The summed E-state index contributed by atoms with van der Waals surface area (Å²) in [6.07, 6.45) is 1.12. The van der Waals surface area contributed by atoms with Gasteiger partial charge in [-0.05, 0) is 23.4 Å². The Morgan fingerprint density at radius 3 is 2.63 bits per heavy atom. The molecule has 0 atom stereocenters. The van der Waals surface area contributed by atoms with Crippen molar-refractivity contribution in [2.24, 2.45) is 0 Å². The van der Waals surface area contributed by atoms with E-state index in [1.54, 1.807) is 11.3 Å². The first-order chi connectivity index (χ1) is 9.00. The van der Waals surface area contributed by atoms with Crippen LogP contribution in [0, 0.1) is 0 Å². The predicted octanol–water partition coefficient (Wildman–Crippen LogP) is 4.35. The van der Waals surface area contributed by atoms with Crippen molar-refractivity contribution in [3.63, 3.8) is 0 Å². The van der Waals surface area contributed by atoms with Gasteiger partial charge in [0.2, 0.25) is 0 Å². The number of thiazole rings is 1. The van der Waals surface area contributed by atoms with Crippen molar-refractivity contribution in [3.05, 3.63) is 38.0 Å². The van der Waals surface area contributed by atoms with Gasteiger partial charge in [0.05, 0.1) is 5.69 Å². The van der Waals surface area contributed by atoms with Gasteiger partial charge in [-0.2, -0.15) is 0 Å². The maximum atomic E-state index is 4.70. The van der Waals surface area contributed by atoms with Crippen LogP contribution in [0.3, 0.4) is 0 Å². The molecule has 19 heavy (non-hydrogen) atoms. The summed E-state index contributed by atoms with van der Waals surface area (Å²) in [5, 5.41) is 9.04. The van der Waals surface area contributed by atoms with Gasteiger partial charge in [-0.3, -0.25) is 0 Å². The van der Waals surface area contributed by atoms with Crippen molar-refractivity contribution in [1.82, 2.24) is 10.3 Å². The van der Waals surface area contributed by atoms with Crippen LogP contribution in [0.1, 0.15) is 48.8 Å². The van der Waals surface area contributed by atoms with E-state index in [9.17, 15) is 0 Å². The lowest BCUT2D eigenvalue weighted by Crippen LogP contribution is -2.14. The second-order valence-electron chi connectivity index (χ2n) is 5.70. The third-order valence-corrected chi connectivity index (χ3v) is 4.91. The fraction of sp³-hybridized carbons (Fsp3) is 0.533. The zero-order valence-electron chi connectivity index (χ0n) is 12.1. The molecule has 1 N–H and O–H groups in total. The normalized spacial score (nSPS) is 12.0. The first kappa shape index (κ1) is 14.7. The molecule has 2 heterocycles. The highest BCUT2D eigenvalue weighted by molar-refractivity contribution is 7.10. The summed E-state index contributed by atoms with van der Waals surface area (Å²) in [6, 6.07) is 2.22. The Morgan fingerprint density at radius 1 is 1.21 bits per heavy atom. The smallest absolute Gasteiger partial charge is 0.107 e. The highest BCUT2D eigenvalue weighted by Gasteiger charge is 2.17. The highest BCUT2D eigenvalue weighted by Crippen LogP contribution is 2.24. The molecule has 4 heteroatoms. The number of nitrogens with zero attached hydrogens (tertiary/aromatic N) is 1. The van der Waals surface area contributed by atoms with E-state index in [1.165, 1.54) is 21.1 Å². The van der Waals surface area contributed by atoms with Crippen LogP contribution in [0.4, 0.5) is 0 Å². The van der Waals surface area contributed by atoms with Crippen LogP contribution in [0.5, 0.6) is 0 Å². The van der Waals surface area contributed by atoms with Gasteiger partial charge in [0.25, 0.3) is 0 Å². The number of aromatic nitrogens is 1. The minimum Gasteiger partial charge on any atom is -0.306 e. The van der Waals surface area contributed by atoms with E-state index >= 15 is 0 Å². The van der Waals surface area contributed by atoms with Gasteiger partial charge < -0.3 is 5.32 Å². The van der Waals surface area contributed by atoms with Crippen LogP contribution in [0.25, 0.3) is 0 Å². The standard InChI is InChI=1S/C15H22N2S2/c1-5-11-6-7-18-12(11)8-16-9-14-17-13(10-19-14)15(2,3)4/h6-7,10,16H,5,8-9H2,1-4H3. The van der Waals surface area contributed by atoms with Crippen LogP contribution in [-0.2, 0) is 24.9 Å². The number of nitrogens with one attached hydrogen (secondary N) is 1. The molecule has 2 aromatic rings. The van der Waals surface area contributed by atoms with Crippen LogP contribution in [-0.4, -0.2) is 4.98 Å². The maximum absolute atomic E-state index is 4.70. The molecule has 0 bridgehead atoms. The van der Waals surface area contributed by atoms with Crippen molar-refractivity contribution >= 4 is 22.7 Å². The van der Waals surface area contributed by atoms with Gasteiger partial charge >= 0.3 is 0 Å². The summed E-state index contributed by atoms with van der Waals surface area (Å²) in [5.74, 6) is 0. The molecule has 0 aliphatic carbocycles. The Balaban J connectivity index is 1.88. The van der Waals surface area contributed by atoms with Crippen molar-refractivity contribution in [2.45, 2.75) is 52.6 Å². The number of hydrogen-bond acceptors (Lipinski definition) is 4. The SMILES string of the molecule is CCc1ccsc1CNCc1nc(C(C)(C)C)cs1. The molecular formula is C15H22N2S2. The Labute approximate surface area is 123 Å². The van der Waals surface area contributed by atoms with E-state index in [0.717, 1.165) is 19.5 Å². The maximum Gasteiger partial charge on any atom is 0.107 e. The Kier molecular flexibility index (Phi) is 4.76. The van der Waals surface area contributed by atoms with Crippen LogP contribution in [0.15, 0.2) is 16.8 Å². The summed E-state index contributed by atoms with van der Waals surface area (Å²) in [7, 11) is 0. The molecule has 0 unspecified atom stereocenters. The third-order valence-electron chi connectivity index (χ3n) is 3.10. The Bertz CT molecular complexity index is 520. The molecule has 0 aliphatic rings. The topological polar surface area (TPSA) is 24.9 Å². The lowest BCUT2D eigenvalue weighted by atomic mass is 9.93. The fourth-order valence-electron chi connectivity index (χ4n) is 1.86. The van der Waals surface area contributed by atoms with Gasteiger partial charge in [0.15, 0.2) is 0 Å². The highest BCUT2D eigenvalue weighted by atomic mass is 32.1. The summed E-state index contributed by atoms with van der Waals surface area (Å²) >= 11 is 3.59. The Hall–Kier alpha value is -0.710. The van der Waals surface area contributed by atoms with E-state index in [4.69, 9.17) is 4.98 Å². The summed E-state index contributed by atoms with van der Waals surface area (Å²) < 4.78 is 0. The summed E-state index contributed by atoms with van der Waals surface area (Å²) in [5.41, 5.74) is 2.81. The number of thiophene rings is 1. The number of hydrogen-bond donors (Lipinski definition) is 1. The molecule has 0 spiro atoms. The van der Waals surface area contributed by atoms with Gasteiger partial charge in [0, 0.05) is 28.8 Å². The van der Waals surface area contributed by atoms with Crippen molar-refractivity contribution in [2.75, 3.05) is 0 Å². The lowest BCUT2D eigenvalue weighted by molar-refractivity contribution is 0.568. The van der Waals surface area contributed by atoms with E-state index in [1.807, 2.05) is 11.3 Å². The largest absolute Gasteiger partial charge is 0.306 e. The van der Waals surface area contributed by atoms with Crippen molar-refractivity contribution in [3.8, 4) is 0 Å². The van der Waals surface area contributed by atoms with Gasteiger partial charge in [-0.15, -0.1) is 22.7 Å². The predicted molar refractivity (Wildman–Crippen MR) is 85.1 cm³/mol. The monoisotopic (exact) mass is 294 g/mol. The van der Waals surface area contributed by atoms with E-state index in [0.29, 0.717) is 0 Å². The molecular weight excluding hydrogens is 272 g/mol. The molecule has 0 radical (unpaired) electrons. The first-order valence-corrected chi connectivity index (χ1v) is 8.47. The molecule has 2 aromatic heterocycles. The molecule has 0 fully saturated rings. The minimum atomic E-state index is 0.151. The van der Waals surface area contributed by atoms with Crippen LogP contribution in [0.2, 0.25) is 0 Å². The quantitative estimate of drug-likeness (QED) is 0.886. The van der Waals surface area contributed by atoms with Crippen LogP contribution < -0.4 is 5.32 Å². The molecule has 0 aliphatic heterocycles. The molecule has 0 aromatic carbocycles. The minimum absolute atomic E-state index is 0.151.